The van der Waals surface area contributed by atoms with Gasteiger partial charge in [-0.05, 0) is 103 Å². The average Bonchev–Trinajstić information content (AvgIpc) is 3.84. The summed E-state index contributed by atoms with van der Waals surface area (Å²) in [6, 6.07) is 66.5. The molecular weight excluding hydrogens is 625 g/mol. The van der Waals surface area contributed by atoms with E-state index in [1.807, 2.05) is 11.3 Å². The molecule has 50 heavy (non-hydrogen) atoms. The molecule has 0 N–H and O–H groups in total. The first-order chi connectivity index (χ1) is 24.8. The molecule has 0 unspecified atom stereocenters. The molecule has 0 radical (unpaired) electrons. The van der Waals surface area contributed by atoms with Crippen LogP contribution in [0.15, 0.2) is 182 Å². The molecule has 0 bridgehead atoms. The van der Waals surface area contributed by atoms with Crippen molar-refractivity contribution in [2.45, 2.75) is 31.1 Å². The molecule has 1 saturated carbocycles. The molecular formula is C47H38N2S. The minimum atomic E-state index is 0.00251. The van der Waals surface area contributed by atoms with Crippen molar-refractivity contribution < 1.29 is 0 Å². The van der Waals surface area contributed by atoms with Crippen molar-refractivity contribution in [3.8, 4) is 0 Å². The van der Waals surface area contributed by atoms with Crippen molar-refractivity contribution in [3.63, 3.8) is 0 Å². The van der Waals surface area contributed by atoms with Crippen molar-refractivity contribution >= 4 is 65.6 Å². The molecule has 3 heteroatoms. The molecule has 1 aliphatic rings. The Morgan fingerprint density at radius 1 is 0.380 bits per heavy atom. The molecule has 0 spiro atoms. The summed E-state index contributed by atoms with van der Waals surface area (Å²) in [6.45, 7) is 0. The Morgan fingerprint density at radius 2 is 0.820 bits per heavy atom. The molecule has 242 valence electrons. The van der Waals surface area contributed by atoms with Gasteiger partial charge in [0.15, 0.2) is 0 Å². The molecule has 1 fully saturated rings. The van der Waals surface area contributed by atoms with Gasteiger partial charge in [-0.15, -0.1) is 11.3 Å². The number of anilines is 6. The molecule has 0 atom stereocenters. The highest BCUT2D eigenvalue weighted by Gasteiger charge is 2.37. The van der Waals surface area contributed by atoms with E-state index >= 15 is 0 Å². The van der Waals surface area contributed by atoms with Crippen LogP contribution in [0.25, 0.3) is 20.2 Å². The first-order valence-corrected chi connectivity index (χ1v) is 18.5. The predicted molar refractivity (Wildman–Crippen MR) is 214 cm³/mol. The molecule has 0 amide bonds. The zero-order valence-electron chi connectivity index (χ0n) is 28.0. The third kappa shape index (κ3) is 5.35. The van der Waals surface area contributed by atoms with E-state index in [9.17, 15) is 0 Å². The van der Waals surface area contributed by atoms with Crippen LogP contribution in [0.4, 0.5) is 34.1 Å². The second-order valence-corrected chi connectivity index (χ2v) is 14.4. The Morgan fingerprint density at radius 3 is 1.38 bits per heavy atom. The minimum absolute atomic E-state index is 0.00251. The molecule has 1 aromatic heterocycles. The maximum atomic E-state index is 2.43. The molecule has 1 aliphatic carbocycles. The smallest absolute Gasteiger partial charge is 0.0554 e. The van der Waals surface area contributed by atoms with Crippen LogP contribution in [-0.2, 0) is 5.41 Å². The zero-order chi connectivity index (χ0) is 33.3. The van der Waals surface area contributed by atoms with Crippen LogP contribution < -0.4 is 9.80 Å². The zero-order valence-corrected chi connectivity index (χ0v) is 28.8. The normalized spacial score (nSPS) is 13.8. The molecule has 0 aliphatic heterocycles. The van der Waals surface area contributed by atoms with E-state index in [1.165, 1.54) is 61.2 Å². The monoisotopic (exact) mass is 662 g/mol. The highest BCUT2D eigenvalue weighted by molar-refractivity contribution is 7.26. The van der Waals surface area contributed by atoms with Gasteiger partial charge in [0.05, 0.1) is 5.69 Å². The first-order valence-electron chi connectivity index (χ1n) is 17.7. The summed E-state index contributed by atoms with van der Waals surface area (Å²) >= 11 is 1.87. The molecule has 8 aromatic rings. The van der Waals surface area contributed by atoms with Gasteiger partial charge >= 0.3 is 0 Å². The standard InChI is InChI=1S/C47H38N2S/c1-4-15-37(16-5-1)48(38-17-6-2-7-18-38)40-29-25-35(26-30-40)47(33-12-13-34-47)36-27-31-41(32-28-36)49(39-19-8-3-9-20-39)43-22-14-24-45-46(43)42-21-10-11-23-44(42)50-45/h1-11,14-32H,12-13,33-34H2. The Kier molecular flexibility index (Phi) is 7.91. The summed E-state index contributed by atoms with van der Waals surface area (Å²) < 4.78 is 2.64. The van der Waals surface area contributed by atoms with Crippen molar-refractivity contribution in [2.75, 3.05) is 9.80 Å². The number of hydrogen-bond acceptors (Lipinski definition) is 3. The maximum absolute atomic E-state index is 2.43. The van der Waals surface area contributed by atoms with Gasteiger partial charge in [0, 0.05) is 54.0 Å². The minimum Gasteiger partial charge on any atom is -0.311 e. The maximum Gasteiger partial charge on any atom is 0.0554 e. The van der Waals surface area contributed by atoms with Gasteiger partial charge in [0.25, 0.3) is 0 Å². The number of nitrogens with zero attached hydrogens (tertiary/aromatic N) is 2. The fraction of sp³-hybridized carbons (Fsp3) is 0.106. The summed E-state index contributed by atoms with van der Waals surface area (Å²) in [5.41, 5.74) is 9.85. The summed E-state index contributed by atoms with van der Waals surface area (Å²) in [4.78, 5) is 4.78. The average molecular weight is 663 g/mol. The van der Waals surface area contributed by atoms with Crippen LogP contribution in [-0.4, -0.2) is 0 Å². The molecule has 7 aromatic carbocycles. The number of rotatable bonds is 8. The van der Waals surface area contributed by atoms with E-state index in [2.05, 4.69) is 192 Å². The molecule has 9 rings (SSSR count). The predicted octanol–water partition coefficient (Wildman–Crippen LogP) is 13.9. The molecule has 1 heterocycles. The van der Waals surface area contributed by atoms with E-state index in [0.29, 0.717) is 0 Å². The van der Waals surface area contributed by atoms with E-state index < -0.39 is 0 Å². The lowest BCUT2D eigenvalue weighted by Crippen LogP contribution is -2.24. The molecule has 2 nitrogen and oxygen atoms in total. The van der Waals surface area contributed by atoms with Gasteiger partial charge < -0.3 is 9.80 Å². The quantitative estimate of drug-likeness (QED) is 0.160. The lowest BCUT2D eigenvalue weighted by molar-refractivity contribution is 0.535. The van der Waals surface area contributed by atoms with Crippen molar-refractivity contribution in [3.05, 3.63) is 193 Å². The van der Waals surface area contributed by atoms with Gasteiger partial charge in [0.1, 0.15) is 0 Å². The van der Waals surface area contributed by atoms with Crippen LogP contribution in [0.2, 0.25) is 0 Å². The third-order valence-electron chi connectivity index (χ3n) is 10.5. The van der Waals surface area contributed by atoms with Gasteiger partial charge in [-0.3, -0.25) is 0 Å². The summed E-state index contributed by atoms with van der Waals surface area (Å²) in [5.74, 6) is 0. The second kappa shape index (κ2) is 13.0. The van der Waals surface area contributed by atoms with E-state index in [0.717, 1.165) is 29.9 Å². The fourth-order valence-electron chi connectivity index (χ4n) is 8.13. The van der Waals surface area contributed by atoms with Crippen LogP contribution in [0.1, 0.15) is 36.8 Å². The fourth-order valence-corrected chi connectivity index (χ4v) is 9.26. The Balaban J connectivity index is 1.11. The van der Waals surface area contributed by atoms with Gasteiger partial charge in [0.2, 0.25) is 0 Å². The van der Waals surface area contributed by atoms with E-state index in [1.54, 1.807) is 0 Å². The summed E-state index contributed by atoms with van der Waals surface area (Å²) in [6.07, 6.45) is 4.81. The summed E-state index contributed by atoms with van der Waals surface area (Å²) in [5, 5.41) is 2.63. The third-order valence-corrected chi connectivity index (χ3v) is 11.6. The van der Waals surface area contributed by atoms with E-state index in [4.69, 9.17) is 0 Å². The Bertz CT molecular complexity index is 2320. The molecule has 0 saturated heterocycles. The van der Waals surface area contributed by atoms with Gasteiger partial charge in [-0.2, -0.15) is 0 Å². The number of benzene rings is 7. The van der Waals surface area contributed by atoms with Crippen molar-refractivity contribution in [1.29, 1.82) is 0 Å². The second-order valence-electron chi connectivity index (χ2n) is 13.3. The lowest BCUT2D eigenvalue weighted by atomic mass is 9.73. The Hall–Kier alpha value is -5.64. The number of thiophene rings is 1. The SMILES string of the molecule is c1ccc(N(c2ccccc2)c2ccc(C3(c4ccc(N(c5ccccc5)c5cccc6sc7ccccc7c56)cc4)CCCC3)cc2)cc1. The van der Waals surface area contributed by atoms with Crippen LogP contribution >= 0.6 is 11.3 Å². The first kappa shape index (κ1) is 30.4. The van der Waals surface area contributed by atoms with Crippen LogP contribution in [0.3, 0.4) is 0 Å². The number of fused-ring (bicyclic) bond motifs is 3. The lowest BCUT2D eigenvalue weighted by Gasteiger charge is -2.33. The van der Waals surface area contributed by atoms with Gasteiger partial charge in [-0.1, -0.05) is 116 Å². The number of para-hydroxylation sites is 3. The topological polar surface area (TPSA) is 6.48 Å². The Labute approximate surface area is 298 Å². The van der Waals surface area contributed by atoms with E-state index in [-0.39, 0.29) is 5.41 Å². The summed E-state index contributed by atoms with van der Waals surface area (Å²) in [7, 11) is 0. The highest BCUT2D eigenvalue weighted by Crippen LogP contribution is 2.49. The van der Waals surface area contributed by atoms with Crippen molar-refractivity contribution in [2.24, 2.45) is 0 Å². The van der Waals surface area contributed by atoms with Gasteiger partial charge in [-0.25, -0.2) is 0 Å². The van der Waals surface area contributed by atoms with Crippen LogP contribution in [0, 0.1) is 0 Å². The number of hydrogen-bond donors (Lipinski definition) is 0. The highest BCUT2D eigenvalue weighted by atomic mass is 32.1. The van der Waals surface area contributed by atoms with Crippen LogP contribution in [0.5, 0.6) is 0 Å². The van der Waals surface area contributed by atoms with Crippen molar-refractivity contribution in [1.82, 2.24) is 0 Å². The largest absolute Gasteiger partial charge is 0.311 e.